The molecule has 0 saturated carbocycles. The van der Waals surface area contributed by atoms with Crippen molar-refractivity contribution in [1.29, 1.82) is 0 Å². The van der Waals surface area contributed by atoms with Gasteiger partial charge in [0.2, 0.25) is 0 Å². The molecule has 2 heterocycles. The molecule has 0 amide bonds. The third-order valence-electron chi connectivity index (χ3n) is 3.24. The van der Waals surface area contributed by atoms with Crippen LogP contribution >= 0.6 is 0 Å². The Labute approximate surface area is 111 Å². The maximum Gasteiger partial charge on any atom is 0.185 e. The fourth-order valence-electron chi connectivity index (χ4n) is 2.27. The van der Waals surface area contributed by atoms with Crippen LogP contribution in [0.1, 0.15) is 20.8 Å². The van der Waals surface area contributed by atoms with E-state index in [0.29, 0.717) is 0 Å². The number of hydrogen-bond donors (Lipinski definition) is 0. The quantitative estimate of drug-likeness (QED) is 0.671. The molecule has 1 aromatic carbocycles. The van der Waals surface area contributed by atoms with Crippen LogP contribution in [0.4, 0.5) is 0 Å². The van der Waals surface area contributed by atoms with E-state index in [2.05, 4.69) is 52.8 Å². The predicted octanol–water partition coefficient (Wildman–Crippen LogP) is 2.59. The minimum atomic E-state index is -0.0720. The van der Waals surface area contributed by atoms with Crippen molar-refractivity contribution in [2.75, 3.05) is 0 Å². The Morgan fingerprint density at radius 3 is 2.58 bits per heavy atom. The van der Waals surface area contributed by atoms with Crippen molar-refractivity contribution in [2.45, 2.75) is 26.3 Å². The standard InChI is InChI=1S/C14H17N5/c1-14(2,3)19-9-15-16-13(19)12-10-7-5-6-8-11(10)18(4)17-12/h5-9H,1-4H3. The van der Waals surface area contributed by atoms with E-state index in [1.165, 1.54) is 0 Å². The first-order valence-corrected chi connectivity index (χ1v) is 6.31. The highest BCUT2D eigenvalue weighted by Gasteiger charge is 2.22. The van der Waals surface area contributed by atoms with Gasteiger partial charge in [0.1, 0.15) is 12.0 Å². The van der Waals surface area contributed by atoms with Gasteiger partial charge in [-0.1, -0.05) is 18.2 Å². The molecule has 0 radical (unpaired) electrons. The van der Waals surface area contributed by atoms with E-state index in [4.69, 9.17) is 0 Å². The molecule has 0 aliphatic carbocycles. The van der Waals surface area contributed by atoms with E-state index < -0.39 is 0 Å². The maximum atomic E-state index is 4.60. The summed E-state index contributed by atoms with van der Waals surface area (Å²) in [6.07, 6.45) is 1.76. The van der Waals surface area contributed by atoms with Gasteiger partial charge in [-0.05, 0) is 26.8 Å². The van der Waals surface area contributed by atoms with Gasteiger partial charge in [-0.2, -0.15) is 5.10 Å². The smallest absolute Gasteiger partial charge is 0.185 e. The summed E-state index contributed by atoms with van der Waals surface area (Å²) < 4.78 is 3.94. The monoisotopic (exact) mass is 255 g/mol. The average molecular weight is 255 g/mol. The van der Waals surface area contributed by atoms with Gasteiger partial charge in [0.25, 0.3) is 0 Å². The van der Waals surface area contributed by atoms with Gasteiger partial charge < -0.3 is 4.57 Å². The van der Waals surface area contributed by atoms with Crippen LogP contribution in [0.25, 0.3) is 22.4 Å². The molecule has 5 nitrogen and oxygen atoms in total. The van der Waals surface area contributed by atoms with E-state index in [9.17, 15) is 0 Å². The summed E-state index contributed by atoms with van der Waals surface area (Å²) in [5, 5.41) is 14.0. The lowest BCUT2D eigenvalue weighted by atomic mass is 10.1. The summed E-state index contributed by atoms with van der Waals surface area (Å²) in [6.45, 7) is 6.39. The minimum absolute atomic E-state index is 0.0720. The number of aromatic nitrogens is 5. The third kappa shape index (κ3) is 1.82. The van der Waals surface area contributed by atoms with Gasteiger partial charge in [0.15, 0.2) is 5.82 Å². The lowest BCUT2D eigenvalue weighted by Crippen LogP contribution is -2.22. The molecule has 0 spiro atoms. The zero-order chi connectivity index (χ0) is 13.6. The van der Waals surface area contributed by atoms with Gasteiger partial charge in [-0.15, -0.1) is 10.2 Å². The first kappa shape index (κ1) is 11.9. The zero-order valence-corrected chi connectivity index (χ0v) is 11.6. The van der Waals surface area contributed by atoms with Crippen molar-refractivity contribution in [3.8, 4) is 11.5 Å². The number of rotatable bonds is 1. The highest BCUT2D eigenvalue weighted by atomic mass is 15.3. The third-order valence-corrected chi connectivity index (χ3v) is 3.24. The SMILES string of the molecule is Cn1nc(-c2nncn2C(C)(C)C)c2ccccc21. The van der Waals surface area contributed by atoms with Crippen LogP contribution in [0.15, 0.2) is 30.6 Å². The predicted molar refractivity (Wildman–Crippen MR) is 74.7 cm³/mol. The second-order valence-electron chi connectivity index (χ2n) is 5.68. The fraction of sp³-hybridized carbons (Fsp3) is 0.357. The first-order valence-electron chi connectivity index (χ1n) is 6.31. The number of aryl methyl sites for hydroxylation is 1. The van der Waals surface area contributed by atoms with Crippen LogP contribution < -0.4 is 0 Å². The summed E-state index contributed by atoms with van der Waals surface area (Å²) in [6, 6.07) is 8.16. The van der Waals surface area contributed by atoms with Crippen LogP contribution in [-0.4, -0.2) is 24.5 Å². The number of benzene rings is 1. The van der Waals surface area contributed by atoms with Crippen LogP contribution in [0, 0.1) is 0 Å². The molecule has 98 valence electrons. The molecule has 19 heavy (non-hydrogen) atoms. The number of hydrogen-bond acceptors (Lipinski definition) is 3. The summed E-state index contributed by atoms with van der Waals surface area (Å²) in [4.78, 5) is 0. The Morgan fingerprint density at radius 2 is 1.84 bits per heavy atom. The van der Waals surface area contributed by atoms with E-state index in [0.717, 1.165) is 22.4 Å². The van der Waals surface area contributed by atoms with Crippen LogP contribution in [0.2, 0.25) is 0 Å². The molecule has 3 rings (SSSR count). The van der Waals surface area contributed by atoms with Crippen molar-refractivity contribution in [3.63, 3.8) is 0 Å². The minimum Gasteiger partial charge on any atom is -0.307 e. The highest BCUT2D eigenvalue weighted by molar-refractivity contribution is 5.91. The van der Waals surface area contributed by atoms with Crippen molar-refractivity contribution < 1.29 is 0 Å². The molecule has 0 aliphatic heterocycles. The van der Waals surface area contributed by atoms with E-state index >= 15 is 0 Å². The number of para-hydroxylation sites is 1. The fourth-order valence-corrected chi connectivity index (χ4v) is 2.27. The Kier molecular flexibility index (Phi) is 2.45. The van der Waals surface area contributed by atoms with E-state index in [1.807, 2.05) is 23.9 Å². The molecule has 0 saturated heterocycles. The second-order valence-corrected chi connectivity index (χ2v) is 5.68. The summed E-state index contributed by atoms with van der Waals surface area (Å²) in [5.41, 5.74) is 1.91. The topological polar surface area (TPSA) is 48.5 Å². The lowest BCUT2D eigenvalue weighted by molar-refractivity contribution is 0.399. The Bertz CT molecular complexity index is 730. The first-order chi connectivity index (χ1) is 8.98. The van der Waals surface area contributed by atoms with Crippen molar-refractivity contribution in [1.82, 2.24) is 24.5 Å². The number of nitrogens with zero attached hydrogens (tertiary/aromatic N) is 5. The molecule has 0 N–H and O–H groups in total. The molecule has 3 aromatic rings. The van der Waals surface area contributed by atoms with Crippen LogP contribution in [0.5, 0.6) is 0 Å². The molecular formula is C14H17N5. The molecule has 2 aromatic heterocycles. The molecular weight excluding hydrogens is 238 g/mol. The molecule has 0 fully saturated rings. The molecule has 0 unspecified atom stereocenters. The lowest BCUT2D eigenvalue weighted by Gasteiger charge is -2.21. The van der Waals surface area contributed by atoms with Crippen LogP contribution in [-0.2, 0) is 12.6 Å². The highest BCUT2D eigenvalue weighted by Crippen LogP contribution is 2.28. The summed E-state index contributed by atoms with van der Waals surface area (Å²) in [7, 11) is 1.95. The van der Waals surface area contributed by atoms with Gasteiger partial charge in [0.05, 0.1) is 5.52 Å². The zero-order valence-electron chi connectivity index (χ0n) is 11.6. The van der Waals surface area contributed by atoms with Crippen molar-refractivity contribution >= 4 is 10.9 Å². The summed E-state index contributed by atoms with van der Waals surface area (Å²) >= 11 is 0. The van der Waals surface area contributed by atoms with Crippen molar-refractivity contribution in [3.05, 3.63) is 30.6 Å². The van der Waals surface area contributed by atoms with Gasteiger partial charge in [0, 0.05) is 18.0 Å². The molecule has 0 aliphatic rings. The maximum absolute atomic E-state index is 4.60. The van der Waals surface area contributed by atoms with Crippen molar-refractivity contribution in [2.24, 2.45) is 7.05 Å². The molecule has 5 heteroatoms. The molecule has 0 bridgehead atoms. The van der Waals surface area contributed by atoms with E-state index in [1.54, 1.807) is 6.33 Å². The Balaban J connectivity index is 2.29. The Hall–Kier alpha value is -2.17. The van der Waals surface area contributed by atoms with Crippen LogP contribution in [0.3, 0.4) is 0 Å². The normalized spacial score (nSPS) is 12.2. The largest absolute Gasteiger partial charge is 0.307 e. The van der Waals surface area contributed by atoms with Gasteiger partial charge in [-0.25, -0.2) is 0 Å². The number of fused-ring (bicyclic) bond motifs is 1. The average Bonchev–Trinajstić information content (AvgIpc) is 2.94. The molecule has 0 atom stereocenters. The van der Waals surface area contributed by atoms with E-state index in [-0.39, 0.29) is 5.54 Å². The second kappa shape index (κ2) is 3.91. The summed E-state index contributed by atoms with van der Waals surface area (Å²) in [5.74, 6) is 0.810. The Morgan fingerprint density at radius 1 is 1.11 bits per heavy atom. The van der Waals surface area contributed by atoms with Gasteiger partial charge >= 0.3 is 0 Å². The van der Waals surface area contributed by atoms with Gasteiger partial charge in [-0.3, -0.25) is 4.68 Å².